The predicted molar refractivity (Wildman–Crippen MR) is 91.9 cm³/mol. The third-order valence-electron chi connectivity index (χ3n) is 4.02. The third-order valence-corrected chi connectivity index (χ3v) is 4.02. The maximum Gasteiger partial charge on any atom is 0.372 e. The number of hydrogen-bond donors (Lipinski definition) is 0. The summed E-state index contributed by atoms with van der Waals surface area (Å²) in [5.74, 6) is 1.49. The molecule has 0 spiro atoms. The largest absolute Gasteiger partial charge is 0.372 e. The molecule has 0 aliphatic heterocycles. The number of carbonyl (C=O) groups is 1. The van der Waals surface area contributed by atoms with Crippen LogP contribution in [0.5, 0.6) is 0 Å². The first-order chi connectivity index (χ1) is 11.8. The number of rotatable bonds is 10. The highest BCUT2D eigenvalue weighted by atomic mass is 16.2. The van der Waals surface area contributed by atoms with E-state index in [1.807, 2.05) is 0 Å². The molecular weight excluding hydrogens is 304 g/mol. The molecule has 7 heteroatoms. The summed E-state index contributed by atoms with van der Waals surface area (Å²) < 4.78 is 2.60. The highest BCUT2D eigenvalue weighted by Crippen LogP contribution is 2.10. The summed E-state index contributed by atoms with van der Waals surface area (Å²) in [6.07, 6.45) is 13.5. The van der Waals surface area contributed by atoms with Gasteiger partial charge in [-0.3, -0.25) is 0 Å². The zero-order chi connectivity index (χ0) is 17.2. The van der Waals surface area contributed by atoms with Crippen LogP contribution in [0.3, 0.4) is 0 Å². The van der Waals surface area contributed by atoms with Gasteiger partial charge in [0.15, 0.2) is 5.82 Å². The molecule has 2 rings (SSSR count). The standard InChI is InChI=1S/C17H28N6O/c1-3-5-7-9-11-15-20-16(12-10-8-6-4-2)23(21-15)17(24)22-14-18-13-19-22/h13-14H,3-12H2,1-2H3. The average molecular weight is 332 g/mol. The Morgan fingerprint density at radius 3 is 2.33 bits per heavy atom. The van der Waals surface area contributed by atoms with Crippen molar-refractivity contribution in [1.82, 2.24) is 29.5 Å². The Balaban J connectivity index is 2.06. The summed E-state index contributed by atoms with van der Waals surface area (Å²) in [6, 6.07) is -0.315. The van der Waals surface area contributed by atoms with E-state index in [-0.39, 0.29) is 6.03 Å². The molecule has 2 aromatic heterocycles. The third kappa shape index (κ3) is 5.25. The van der Waals surface area contributed by atoms with Gasteiger partial charge in [-0.1, -0.05) is 52.4 Å². The minimum absolute atomic E-state index is 0.315. The molecule has 0 saturated carbocycles. The van der Waals surface area contributed by atoms with Crippen LogP contribution >= 0.6 is 0 Å². The molecule has 132 valence electrons. The van der Waals surface area contributed by atoms with Crippen molar-refractivity contribution in [3.63, 3.8) is 0 Å². The SMILES string of the molecule is CCCCCCc1nc(CCCCCC)n(C(=O)n2cncn2)n1. The Morgan fingerprint density at radius 1 is 1.00 bits per heavy atom. The number of aromatic nitrogens is 6. The summed E-state index contributed by atoms with van der Waals surface area (Å²) in [7, 11) is 0. The van der Waals surface area contributed by atoms with E-state index in [1.54, 1.807) is 0 Å². The molecule has 7 nitrogen and oxygen atoms in total. The fraction of sp³-hybridized carbons (Fsp3) is 0.706. The van der Waals surface area contributed by atoms with Crippen LogP contribution in [0.2, 0.25) is 0 Å². The number of aryl methyl sites for hydroxylation is 2. The summed E-state index contributed by atoms with van der Waals surface area (Å²) in [6.45, 7) is 4.38. The van der Waals surface area contributed by atoms with Gasteiger partial charge in [-0.05, 0) is 12.8 Å². The molecule has 0 bridgehead atoms. The zero-order valence-corrected chi connectivity index (χ0v) is 14.8. The van der Waals surface area contributed by atoms with Crippen LogP contribution in [0.15, 0.2) is 12.7 Å². The van der Waals surface area contributed by atoms with Gasteiger partial charge in [0.1, 0.15) is 18.5 Å². The first-order valence-electron chi connectivity index (χ1n) is 9.10. The van der Waals surface area contributed by atoms with Crippen molar-refractivity contribution in [2.45, 2.75) is 78.1 Å². The average Bonchev–Trinajstić information content (AvgIpc) is 3.25. The lowest BCUT2D eigenvalue weighted by atomic mass is 10.1. The molecular formula is C17H28N6O. The summed E-state index contributed by atoms with van der Waals surface area (Å²) in [4.78, 5) is 21.0. The van der Waals surface area contributed by atoms with Crippen LogP contribution in [0.25, 0.3) is 0 Å². The molecule has 0 unspecified atom stereocenters. The second-order valence-electron chi connectivity index (χ2n) is 6.10. The Morgan fingerprint density at radius 2 is 1.71 bits per heavy atom. The van der Waals surface area contributed by atoms with Crippen LogP contribution in [-0.4, -0.2) is 35.6 Å². The van der Waals surface area contributed by atoms with Crippen molar-refractivity contribution in [2.75, 3.05) is 0 Å². The van der Waals surface area contributed by atoms with Crippen LogP contribution in [0.1, 0.15) is 76.9 Å². The molecule has 0 N–H and O–H groups in total. The minimum atomic E-state index is -0.315. The molecule has 0 aliphatic carbocycles. The number of nitrogens with zero attached hydrogens (tertiary/aromatic N) is 6. The van der Waals surface area contributed by atoms with Crippen LogP contribution in [0.4, 0.5) is 4.79 Å². The lowest BCUT2D eigenvalue weighted by molar-refractivity contribution is 0.237. The second kappa shape index (κ2) is 9.95. The Labute approximate surface area is 143 Å². The van der Waals surface area contributed by atoms with E-state index in [0.717, 1.165) is 43.8 Å². The zero-order valence-electron chi connectivity index (χ0n) is 14.8. The molecule has 24 heavy (non-hydrogen) atoms. The normalized spacial score (nSPS) is 11.1. The fourth-order valence-corrected chi connectivity index (χ4v) is 2.64. The summed E-state index contributed by atoms with van der Waals surface area (Å²) >= 11 is 0. The molecule has 0 atom stereocenters. The van der Waals surface area contributed by atoms with E-state index >= 15 is 0 Å². The minimum Gasteiger partial charge on any atom is -0.243 e. The van der Waals surface area contributed by atoms with Crippen LogP contribution in [0, 0.1) is 0 Å². The monoisotopic (exact) mass is 332 g/mol. The maximum absolute atomic E-state index is 12.5. The van der Waals surface area contributed by atoms with Crippen molar-refractivity contribution in [2.24, 2.45) is 0 Å². The molecule has 0 amide bonds. The molecule has 2 aromatic rings. The van der Waals surface area contributed by atoms with E-state index in [9.17, 15) is 4.79 Å². The van der Waals surface area contributed by atoms with Gasteiger partial charge in [0.25, 0.3) is 0 Å². The maximum atomic E-state index is 12.5. The topological polar surface area (TPSA) is 78.5 Å². The quantitative estimate of drug-likeness (QED) is 0.621. The van der Waals surface area contributed by atoms with Crippen LogP contribution in [-0.2, 0) is 12.8 Å². The van der Waals surface area contributed by atoms with Gasteiger partial charge in [0.2, 0.25) is 0 Å². The van der Waals surface area contributed by atoms with Gasteiger partial charge in [-0.2, -0.15) is 14.5 Å². The highest BCUT2D eigenvalue weighted by Gasteiger charge is 2.17. The van der Waals surface area contributed by atoms with Crippen molar-refractivity contribution < 1.29 is 4.79 Å². The van der Waals surface area contributed by atoms with Gasteiger partial charge in [0.05, 0.1) is 0 Å². The molecule has 2 heterocycles. The first kappa shape index (κ1) is 18.3. The van der Waals surface area contributed by atoms with Gasteiger partial charge in [-0.25, -0.2) is 14.8 Å². The lowest BCUT2D eigenvalue weighted by Gasteiger charge is -2.03. The van der Waals surface area contributed by atoms with Crippen molar-refractivity contribution in [1.29, 1.82) is 0 Å². The Kier molecular flexibility index (Phi) is 7.58. The second-order valence-corrected chi connectivity index (χ2v) is 6.10. The summed E-state index contributed by atoms with van der Waals surface area (Å²) in [5.41, 5.74) is 0. The van der Waals surface area contributed by atoms with E-state index in [2.05, 4.69) is 34.0 Å². The number of carbonyl (C=O) groups excluding carboxylic acids is 1. The van der Waals surface area contributed by atoms with Crippen molar-refractivity contribution in [3.05, 3.63) is 24.3 Å². The molecule has 0 saturated heterocycles. The van der Waals surface area contributed by atoms with E-state index in [4.69, 9.17) is 0 Å². The van der Waals surface area contributed by atoms with Crippen molar-refractivity contribution >= 4 is 6.03 Å². The molecule has 0 aliphatic rings. The number of hydrogen-bond acceptors (Lipinski definition) is 5. The van der Waals surface area contributed by atoms with Gasteiger partial charge >= 0.3 is 6.03 Å². The molecule has 0 fully saturated rings. The van der Waals surface area contributed by atoms with Crippen LogP contribution < -0.4 is 0 Å². The molecule has 0 aromatic carbocycles. The highest BCUT2D eigenvalue weighted by molar-refractivity contribution is 5.77. The number of unbranched alkanes of at least 4 members (excludes halogenated alkanes) is 6. The molecule has 0 radical (unpaired) electrons. The fourth-order valence-electron chi connectivity index (χ4n) is 2.64. The smallest absolute Gasteiger partial charge is 0.243 e. The van der Waals surface area contributed by atoms with Crippen molar-refractivity contribution in [3.8, 4) is 0 Å². The van der Waals surface area contributed by atoms with E-state index in [1.165, 1.54) is 54.1 Å². The Bertz CT molecular complexity index is 605. The van der Waals surface area contributed by atoms with E-state index in [0.29, 0.717) is 0 Å². The first-order valence-corrected chi connectivity index (χ1v) is 9.10. The van der Waals surface area contributed by atoms with Gasteiger partial charge < -0.3 is 0 Å². The predicted octanol–water partition coefficient (Wildman–Crippen LogP) is 3.63. The van der Waals surface area contributed by atoms with E-state index < -0.39 is 0 Å². The van der Waals surface area contributed by atoms with Gasteiger partial charge in [-0.15, -0.1) is 5.10 Å². The van der Waals surface area contributed by atoms with Gasteiger partial charge in [0, 0.05) is 12.8 Å². The summed E-state index contributed by atoms with van der Waals surface area (Å²) in [5, 5.41) is 8.34. The Hall–Kier alpha value is -2.05. The lowest BCUT2D eigenvalue weighted by Crippen LogP contribution is -2.23.